The number of pyridine rings is 2. The molecule has 0 amide bonds. The smallest absolute Gasteiger partial charge is 0.472 e. The molecule has 2 bridgehead atoms. The summed E-state index contributed by atoms with van der Waals surface area (Å²) >= 11 is 0. The van der Waals surface area contributed by atoms with Gasteiger partial charge in [0.2, 0.25) is 11.4 Å². The van der Waals surface area contributed by atoms with Gasteiger partial charge in [-0.1, -0.05) is 37.3 Å². The highest BCUT2D eigenvalue weighted by Crippen LogP contribution is 2.39. The van der Waals surface area contributed by atoms with Crippen molar-refractivity contribution >= 4 is 6.55 Å². The van der Waals surface area contributed by atoms with Crippen LogP contribution in [0.3, 0.4) is 0 Å². The first kappa shape index (κ1) is 18.2. The molecule has 0 aliphatic carbocycles. The Kier molecular flexibility index (Phi) is 4.10. The number of nitrogens with zero attached hydrogens (tertiary/aromatic N) is 2. The van der Waals surface area contributed by atoms with Crippen molar-refractivity contribution in [3.8, 4) is 34.0 Å². The third-order valence-corrected chi connectivity index (χ3v) is 6.43. The molecule has 5 heteroatoms. The molecule has 2 aliphatic heterocycles. The minimum atomic E-state index is -1.75. The number of fused-ring (bicyclic) bond motifs is 5. The molecular weight excluding hydrogens is 383 g/mol. The van der Waals surface area contributed by atoms with Gasteiger partial charge in [-0.15, -0.1) is 0 Å². The molecule has 0 N–H and O–H groups in total. The predicted octanol–water partition coefficient (Wildman–Crippen LogP) is 4.16. The summed E-state index contributed by atoms with van der Waals surface area (Å²) in [6.45, 7) is 0.441. The topological polar surface area (TPSA) is 26.2 Å². The van der Waals surface area contributed by atoms with Crippen molar-refractivity contribution in [1.82, 2.24) is 0 Å². The highest BCUT2D eigenvalue weighted by Gasteiger charge is 2.48. The normalized spacial score (nSPS) is 14.9. The molecule has 4 aromatic rings. The van der Waals surface area contributed by atoms with Crippen LogP contribution in [0, 0.1) is 0 Å². The maximum absolute atomic E-state index is 6.86. The minimum Gasteiger partial charge on any atom is -0.675 e. The van der Waals surface area contributed by atoms with Crippen molar-refractivity contribution in [2.24, 2.45) is 0 Å². The van der Waals surface area contributed by atoms with E-state index in [1.807, 2.05) is 12.1 Å². The summed E-state index contributed by atoms with van der Waals surface area (Å²) in [5.41, 5.74) is 5.78. The van der Waals surface area contributed by atoms with Gasteiger partial charge in [-0.3, -0.25) is 0 Å². The van der Waals surface area contributed by atoms with Gasteiger partial charge < -0.3 is 9.31 Å². The number of hydrogen-bond donors (Lipinski definition) is 0. The van der Waals surface area contributed by atoms with E-state index in [1.165, 1.54) is 5.69 Å². The monoisotopic (exact) mass is 407 g/mol. The van der Waals surface area contributed by atoms with Gasteiger partial charge in [0.05, 0.1) is 22.6 Å². The number of hydrogen-bond acceptors (Lipinski definition) is 2. The maximum atomic E-state index is 6.86. The van der Waals surface area contributed by atoms with E-state index in [1.54, 1.807) is 0 Å². The molecule has 31 heavy (non-hydrogen) atoms. The highest BCUT2D eigenvalue weighted by atomic mass is 16.6. The molecule has 2 aliphatic rings. The van der Waals surface area contributed by atoms with Crippen LogP contribution in [-0.2, 0) is 19.3 Å². The van der Waals surface area contributed by atoms with Crippen LogP contribution in [0.1, 0.15) is 12.6 Å². The fraction of sp³-hybridized carbons (Fsp3) is 0.154. The van der Waals surface area contributed by atoms with Crippen molar-refractivity contribution in [1.29, 1.82) is 0 Å². The van der Waals surface area contributed by atoms with Gasteiger partial charge >= 0.3 is 6.55 Å². The van der Waals surface area contributed by atoms with E-state index in [9.17, 15) is 0 Å². The Bertz CT molecular complexity index is 1240. The SMILES string of the molecule is CCc1cccc[n+]1C[B-]12C[n+]3c(cccc3-c3ccccc3O1)-c1ccccc1O2. The predicted molar refractivity (Wildman–Crippen MR) is 121 cm³/mol. The van der Waals surface area contributed by atoms with E-state index >= 15 is 0 Å². The summed E-state index contributed by atoms with van der Waals surface area (Å²) < 4.78 is 18.4. The lowest BCUT2D eigenvalue weighted by molar-refractivity contribution is -0.697. The van der Waals surface area contributed by atoms with Crippen molar-refractivity contribution in [2.75, 3.05) is 0 Å². The van der Waals surface area contributed by atoms with Gasteiger partial charge in [0.15, 0.2) is 11.9 Å². The summed E-state index contributed by atoms with van der Waals surface area (Å²) in [7, 11) is 0. The van der Waals surface area contributed by atoms with Gasteiger partial charge in [0, 0.05) is 30.7 Å². The number of aryl methyl sites for hydroxylation is 1. The molecule has 2 aromatic carbocycles. The molecule has 0 atom stereocenters. The molecule has 152 valence electrons. The van der Waals surface area contributed by atoms with Crippen LogP contribution in [0.15, 0.2) is 91.1 Å². The average Bonchev–Trinajstić information content (AvgIpc) is 3.03. The molecule has 0 saturated carbocycles. The molecule has 4 nitrogen and oxygen atoms in total. The van der Waals surface area contributed by atoms with Crippen LogP contribution in [0.5, 0.6) is 11.5 Å². The van der Waals surface area contributed by atoms with E-state index < -0.39 is 6.55 Å². The van der Waals surface area contributed by atoms with Crippen molar-refractivity contribution in [3.05, 3.63) is 96.8 Å². The lowest BCUT2D eigenvalue weighted by Gasteiger charge is -2.36. The fourth-order valence-corrected chi connectivity index (χ4v) is 5.05. The molecule has 0 radical (unpaired) electrons. The second-order valence-corrected chi connectivity index (χ2v) is 8.38. The molecule has 2 aromatic heterocycles. The number of aromatic nitrogens is 2. The number of rotatable bonds is 3. The Balaban J connectivity index is 1.63. The molecule has 4 heterocycles. The first-order valence-electron chi connectivity index (χ1n) is 11.0. The zero-order chi connectivity index (χ0) is 20.8. The third kappa shape index (κ3) is 2.92. The molecule has 0 fully saturated rings. The first-order chi connectivity index (χ1) is 15.3. The van der Waals surface area contributed by atoms with Gasteiger partial charge in [0.1, 0.15) is 12.9 Å². The Morgan fingerprint density at radius 1 is 0.742 bits per heavy atom. The minimum absolute atomic E-state index is 0.646. The van der Waals surface area contributed by atoms with Crippen LogP contribution >= 0.6 is 0 Å². The summed E-state index contributed by atoms with van der Waals surface area (Å²) in [4.78, 5) is 0. The Morgan fingerprint density at radius 2 is 1.35 bits per heavy atom. The lowest BCUT2D eigenvalue weighted by atomic mass is 9.56. The van der Waals surface area contributed by atoms with Crippen molar-refractivity contribution in [2.45, 2.75) is 26.2 Å². The van der Waals surface area contributed by atoms with Gasteiger partial charge in [-0.2, -0.15) is 0 Å². The van der Waals surface area contributed by atoms with E-state index in [2.05, 4.69) is 95.1 Å². The third-order valence-electron chi connectivity index (χ3n) is 6.43. The van der Waals surface area contributed by atoms with E-state index in [0.29, 0.717) is 12.9 Å². The maximum Gasteiger partial charge on any atom is 0.472 e. The summed E-state index contributed by atoms with van der Waals surface area (Å²) in [5, 5.41) is 0. The van der Waals surface area contributed by atoms with Gasteiger partial charge in [0.25, 0.3) is 0 Å². The Hall–Kier alpha value is -3.60. The van der Waals surface area contributed by atoms with Crippen LogP contribution in [0.25, 0.3) is 22.5 Å². The van der Waals surface area contributed by atoms with Crippen molar-refractivity contribution < 1.29 is 18.4 Å². The van der Waals surface area contributed by atoms with E-state index in [0.717, 1.165) is 40.4 Å². The number of benzene rings is 2. The molecule has 0 saturated heterocycles. The van der Waals surface area contributed by atoms with Crippen molar-refractivity contribution in [3.63, 3.8) is 0 Å². The van der Waals surface area contributed by atoms with Crippen LogP contribution in [-0.4, -0.2) is 6.55 Å². The second kappa shape index (κ2) is 6.98. The zero-order valence-electron chi connectivity index (χ0n) is 17.6. The summed E-state index contributed by atoms with van der Waals surface area (Å²) in [5.74, 6) is 1.75. The molecule has 0 spiro atoms. The van der Waals surface area contributed by atoms with Crippen LogP contribution in [0.4, 0.5) is 0 Å². The standard InChI is InChI=1S/C26H24BN2O2/c1-2-20-10-7-8-17-28(20)18-27-19-29-23(21-11-3-5-15-25(21)30-27)13-9-14-24(29)22-12-4-6-16-26(22)31-27/h3-17H,2,18-19H2,1H3/q+1. The van der Waals surface area contributed by atoms with Crippen LogP contribution in [0.2, 0.25) is 0 Å². The lowest BCUT2D eigenvalue weighted by Crippen LogP contribution is -2.67. The first-order valence-corrected chi connectivity index (χ1v) is 11.0. The second-order valence-electron chi connectivity index (χ2n) is 8.38. The quantitative estimate of drug-likeness (QED) is 0.377. The van der Waals surface area contributed by atoms with Gasteiger partial charge in [-0.25, -0.2) is 9.13 Å². The Labute approximate surface area is 182 Å². The summed E-state index contributed by atoms with van der Waals surface area (Å²) in [6, 6.07) is 29.4. The highest BCUT2D eigenvalue weighted by molar-refractivity contribution is 6.66. The van der Waals surface area contributed by atoms with E-state index in [4.69, 9.17) is 9.31 Å². The van der Waals surface area contributed by atoms with E-state index in [-0.39, 0.29) is 0 Å². The average molecular weight is 407 g/mol. The number of para-hydroxylation sites is 2. The van der Waals surface area contributed by atoms with Gasteiger partial charge in [-0.05, 0) is 30.3 Å². The fourth-order valence-electron chi connectivity index (χ4n) is 5.05. The Morgan fingerprint density at radius 3 is 2.00 bits per heavy atom. The summed E-state index contributed by atoms with van der Waals surface area (Å²) in [6.07, 6.45) is 4.38. The largest absolute Gasteiger partial charge is 0.675 e. The molecule has 6 rings (SSSR count). The zero-order valence-corrected chi connectivity index (χ0v) is 17.6. The molecular formula is C26H24BN2O2+. The van der Waals surface area contributed by atoms with Crippen LogP contribution < -0.4 is 18.4 Å². The molecule has 0 unspecified atom stereocenters.